The quantitative estimate of drug-likeness (QED) is 0.788. The molecule has 1 aromatic rings. The standard InChI is InChI=1S/C12H17N3O/c1-6-12(4,5)15-10-7-11(14-8-13-10)16-9(2)3/h1,7-9H,2-5H3,(H,13,14,15). The van der Waals surface area contributed by atoms with E-state index in [2.05, 4.69) is 21.2 Å². The second-order valence-electron chi connectivity index (χ2n) is 4.30. The topological polar surface area (TPSA) is 47.0 Å². The molecule has 4 nitrogen and oxygen atoms in total. The summed E-state index contributed by atoms with van der Waals surface area (Å²) in [6.07, 6.45) is 6.92. The summed E-state index contributed by atoms with van der Waals surface area (Å²) in [5, 5.41) is 3.11. The van der Waals surface area contributed by atoms with Gasteiger partial charge in [-0.15, -0.1) is 6.42 Å². The van der Waals surface area contributed by atoms with Crippen LogP contribution in [-0.4, -0.2) is 21.6 Å². The highest BCUT2D eigenvalue weighted by Gasteiger charge is 2.14. The Labute approximate surface area is 96.5 Å². The molecule has 0 fully saturated rings. The summed E-state index contributed by atoms with van der Waals surface area (Å²) >= 11 is 0. The molecular formula is C12H17N3O. The molecule has 0 bridgehead atoms. The highest BCUT2D eigenvalue weighted by atomic mass is 16.5. The second-order valence-corrected chi connectivity index (χ2v) is 4.30. The molecule has 0 saturated heterocycles. The first-order valence-corrected chi connectivity index (χ1v) is 5.17. The van der Waals surface area contributed by atoms with Gasteiger partial charge in [-0.25, -0.2) is 9.97 Å². The molecule has 0 spiro atoms. The van der Waals surface area contributed by atoms with Crippen LogP contribution in [0.1, 0.15) is 27.7 Å². The summed E-state index contributed by atoms with van der Waals surface area (Å²) in [7, 11) is 0. The van der Waals surface area contributed by atoms with Crippen LogP contribution in [0.25, 0.3) is 0 Å². The van der Waals surface area contributed by atoms with Gasteiger partial charge in [0.1, 0.15) is 12.1 Å². The zero-order chi connectivity index (χ0) is 12.2. The number of rotatable bonds is 4. The van der Waals surface area contributed by atoms with Gasteiger partial charge in [-0.05, 0) is 27.7 Å². The lowest BCUT2D eigenvalue weighted by Crippen LogP contribution is -2.29. The third-order valence-corrected chi connectivity index (χ3v) is 1.80. The zero-order valence-electron chi connectivity index (χ0n) is 10.1. The Balaban J connectivity index is 2.79. The molecule has 0 aliphatic rings. The van der Waals surface area contributed by atoms with Crippen LogP contribution < -0.4 is 10.1 Å². The SMILES string of the molecule is C#CC(C)(C)Nc1cc(OC(C)C)ncn1. The summed E-state index contributed by atoms with van der Waals surface area (Å²) in [6.45, 7) is 7.69. The first kappa shape index (κ1) is 12.3. The van der Waals surface area contributed by atoms with Gasteiger partial charge in [-0.2, -0.15) is 0 Å². The Kier molecular flexibility index (Phi) is 3.73. The van der Waals surface area contributed by atoms with Gasteiger partial charge in [-0.1, -0.05) is 5.92 Å². The molecule has 1 rings (SSSR count). The number of hydrogen-bond donors (Lipinski definition) is 1. The Bertz CT molecular complexity index is 393. The van der Waals surface area contributed by atoms with E-state index in [1.54, 1.807) is 6.07 Å². The minimum absolute atomic E-state index is 0.0865. The highest BCUT2D eigenvalue weighted by Crippen LogP contribution is 2.16. The molecule has 0 aromatic carbocycles. The molecule has 0 aliphatic carbocycles. The van der Waals surface area contributed by atoms with Crippen LogP contribution in [0.4, 0.5) is 5.82 Å². The number of ether oxygens (including phenoxy) is 1. The molecule has 0 atom stereocenters. The fourth-order valence-electron chi connectivity index (χ4n) is 1.07. The van der Waals surface area contributed by atoms with Crippen LogP contribution in [0.15, 0.2) is 12.4 Å². The number of anilines is 1. The van der Waals surface area contributed by atoms with Gasteiger partial charge < -0.3 is 10.1 Å². The first-order valence-electron chi connectivity index (χ1n) is 5.17. The normalized spacial score (nSPS) is 11.0. The maximum Gasteiger partial charge on any atom is 0.218 e. The Morgan fingerprint density at radius 3 is 2.69 bits per heavy atom. The maximum atomic E-state index is 5.46. The smallest absolute Gasteiger partial charge is 0.218 e. The van der Waals surface area contributed by atoms with E-state index in [0.717, 1.165) is 0 Å². The van der Waals surface area contributed by atoms with Crippen LogP contribution in [0.3, 0.4) is 0 Å². The van der Waals surface area contributed by atoms with Gasteiger partial charge in [0.25, 0.3) is 0 Å². The summed E-state index contributed by atoms with van der Waals surface area (Å²) in [6, 6.07) is 1.74. The van der Waals surface area contributed by atoms with Crippen molar-refractivity contribution in [3.63, 3.8) is 0 Å². The molecule has 1 heterocycles. The van der Waals surface area contributed by atoms with Crippen molar-refractivity contribution >= 4 is 5.82 Å². The lowest BCUT2D eigenvalue weighted by Gasteiger charge is -2.20. The minimum atomic E-state index is -0.441. The Hall–Kier alpha value is -1.76. The molecular weight excluding hydrogens is 202 g/mol. The van der Waals surface area contributed by atoms with Crippen molar-refractivity contribution in [2.24, 2.45) is 0 Å². The number of nitrogens with zero attached hydrogens (tertiary/aromatic N) is 2. The third-order valence-electron chi connectivity index (χ3n) is 1.80. The van der Waals surface area contributed by atoms with Crippen molar-refractivity contribution in [1.82, 2.24) is 9.97 Å². The van der Waals surface area contributed by atoms with E-state index in [4.69, 9.17) is 11.2 Å². The first-order chi connectivity index (χ1) is 7.43. The molecule has 0 radical (unpaired) electrons. The van der Waals surface area contributed by atoms with E-state index in [1.165, 1.54) is 6.33 Å². The van der Waals surface area contributed by atoms with E-state index in [1.807, 2.05) is 27.7 Å². The van der Waals surface area contributed by atoms with Crippen molar-refractivity contribution in [2.45, 2.75) is 39.3 Å². The van der Waals surface area contributed by atoms with E-state index in [0.29, 0.717) is 11.7 Å². The lowest BCUT2D eigenvalue weighted by atomic mass is 10.1. The van der Waals surface area contributed by atoms with Crippen molar-refractivity contribution in [3.05, 3.63) is 12.4 Å². The fraction of sp³-hybridized carbons (Fsp3) is 0.500. The average molecular weight is 219 g/mol. The maximum absolute atomic E-state index is 5.46. The van der Waals surface area contributed by atoms with Gasteiger partial charge in [0.15, 0.2) is 0 Å². The van der Waals surface area contributed by atoms with Gasteiger partial charge in [-0.3, -0.25) is 0 Å². The minimum Gasteiger partial charge on any atom is -0.475 e. The van der Waals surface area contributed by atoms with E-state index in [9.17, 15) is 0 Å². The Morgan fingerprint density at radius 2 is 2.12 bits per heavy atom. The summed E-state index contributed by atoms with van der Waals surface area (Å²) in [4.78, 5) is 8.09. The lowest BCUT2D eigenvalue weighted by molar-refractivity contribution is 0.232. The highest BCUT2D eigenvalue weighted by molar-refractivity contribution is 5.42. The third kappa shape index (κ3) is 3.77. The molecule has 86 valence electrons. The van der Waals surface area contributed by atoms with Gasteiger partial charge in [0, 0.05) is 6.07 Å². The molecule has 0 aliphatic heterocycles. The molecule has 0 unspecified atom stereocenters. The molecule has 16 heavy (non-hydrogen) atoms. The van der Waals surface area contributed by atoms with Crippen LogP contribution in [-0.2, 0) is 0 Å². The van der Waals surface area contributed by atoms with Crippen molar-refractivity contribution in [3.8, 4) is 18.2 Å². The van der Waals surface area contributed by atoms with Crippen LogP contribution in [0, 0.1) is 12.3 Å². The van der Waals surface area contributed by atoms with E-state index in [-0.39, 0.29) is 6.10 Å². The van der Waals surface area contributed by atoms with Crippen molar-refractivity contribution < 1.29 is 4.74 Å². The predicted octanol–water partition coefficient (Wildman–Crippen LogP) is 2.09. The second kappa shape index (κ2) is 4.84. The monoisotopic (exact) mass is 219 g/mol. The Morgan fingerprint density at radius 1 is 1.44 bits per heavy atom. The molecule has 0 saturated carbocycles. The average Bonchev–Trinajstić information content (AvgIpc) is 2.16. The number of nitrogens with one attached hydrogen (secondary N) is 1. The summed E-state index contributed by atoms with van der Waals surface area (Å²) in [5.74, 6) is 3.84. The van der Waals surface area contributed by atoms with Crippen LogP contribution >= 0.6 is 0 Å². The van der Waals surface area contributed by atoms with E-state index >= 15 is 0 Å². The molecule has 0 amide bonds. The summed E-state index contributed by atoms with van der Waals surface area (Å²) < 4.78 is 5.46. The van der Waals surface area contributed by atoms with Crippen molar-refractivity contribution in [2.75, 3.05) is 5.32 Å². The fourth-order valence-corrected chi connectivity index (χ4v) is 1.07. The van der Waals surface area contributed by atoms with Gasteiger partial charge in [0.2, 0.25) is 5.88 Å². The zero-order valence-corrected chi connectivity index (χ0v) is 10.1. The van der Waals surface area contributed by atoms with Gasteiger partial charge in [0.05, 0.1) is 11.6 Å². The van der Waals surface area contributed by atoms with Gasteiger partial charge >= 0.3 is 0 Å². The van der Waals surface area contributed by atoms with Crippen molar-refractivity contribution in [1.29, 1.82) is 0 Å². The predicted molar refractivity (Wildman–Crippen MR) is 64.3 cm³/mol. The number of aromatic nitrogens is 2. The number of terminal acetylenes is 1. The molecule has 1 aromatic heterocycles. The largest absolute Gasteiger partial charge is 0.475 e. The molecule has 1 N–H and O–H groups in total. The summed E-state index contributed by atoms with van der Waals surface area (Å²) in [5.41, 5.74) is -0.441. The molecule has 4 heteroatoms. The van der Waals surface area contributed by atoms with E-state index < -0.39 is 5.54 Å². The van der Waals surface area contributed by atoms with Crippen LogP contribution in [0.5, 0.6) is 5.88 Å². The number of hydrogen-bond acceptors (Lipinski definition) is 4. The van der Waals surface area contributed by atoms with Crippen LogP contribution in [0.2, 0.25) is 0 Å².